The van der Waals surface area contributed by atoms with Crippen molar-refractivity contribution in [2.45, 2.75) is 19.4 Å². The molecule has 2 aromatic heterocycles. The zero-order valence-electron chi connectivity index (χ0n) is 18.6. The van der Waals surface area contributed by atoms with E-state index in [1.807, 2.05) is 6.20 Å². The molecule has 6 rings (SSSR count). The van der Waals surface area contributed by atoms with E-state index >= 15 is 0 Å². The first-order valence-corrected chi connectivity index (χ1v) is 11.7. The van der Waals surface area contributed by atoms with Crippen LogP contribution in [0.15, 0.2) is 67.1 Å². The second-order valence-corrected chi connectivity index (χ2v) is 9.05. The first-order chi connectivity index (χ1) is 16.3. The molecule has 2 aliphatic rings. The van der Waals surface area contributed by atoms with Crippen LogP contribution in [0.1, 0.15) is 17.5 Å². The molecule has 1 N–H and O–H groups in total. The summed E-state index contributed by atoms with van der Waals surface area (Å²) in [6.45, 7) is 3.95. The predicted octanol–water partition coefficient (Wildman–Crippen LogP) is 4.20. The van der Waals surface area contributed by atoms with Crippen molar-refractivity contribution in [1.82, 2.24) is 19.9 Å². The van der Waals surface area contributed by atoms with E-state index in [-0.39, 0.29) is 6.61 Å². The maximum atomic E-state index is 9.42. The summed E-state index contributed by atoms with van der Waals surface area (Å²) in [4.78, 5) is 18.7. The van der Waals surface area contributed by atoms with Crippen LogP contribution in [0.3, 0.4) is 0 Å². The number of hydrogen-bond donors (Lipinski definition) is 1. The van der Waals surface area contributed by atoms with E-state index in [0.29, 0.717) is 5.92 Å². The van der Waals surface area contributed by atoms with Crippen molar-refractivity contribution in [1.29, 1.82) is 0 Å². The number of pyridine rings is 1. The van der Waals surface area contributed by atoms with Crippen LogP contribution in [0, 0.1) is 5.92 Å². The van der Waals surface area contributed by atoms with Gasteiger partial charge in [0.25, 0.3) is 0 Å². The van der Waals surface area contributed by atoms with E-state index < -0.39 is 0 Å². The molecular weight excluding hydrogens is 410 g/mol. The van der Waals surface area contributed by atoms with Crippen LogP contribution in [0.5, 0.6) is 0 Å². The average Bonchev–Trinajstić information content (AvgIpc) is 3.51. The third kappa shape index (κ3) is 3.75. The third-order valence-corrected chi connectivity index (χ3v) is 6.92. The minimum atomic E-state index is 0.270. The molecule has 0 saturated carbocycles. The smallest absolute Gasteiger partial charge is 0.163 e. The van der Waals surface area contributed by atoms with Crippen molar-refractivity contribution >= 4 is 22.5 Å². The van der Waals surface area contributed by atoms with Gasteiger partial charge < -0.3 is 10.0 Å². The standard InChI is InChI=1S/C27H27N5O/c33-17-19-9-11-31(15-19)16-20-13-24-26(28-14-20)27(30-18-29-24)32-12-10-23-22(7-4-8-25(23)32)21-5-2-1-3-6-21/h1-8,13-14,18-19,33H,9-12,15-17H2/t19-/m1/s1. The lowest BCUT2D eigenvalue weighted by Crippen LogP contribution is -2.21. The number of aliphatic hydroxyl groups excluding tert-OH is 1. The number of fused-ring (bicyclic) bond motifs is 2. The van der Waals surface area contributed by atoms with Crippen LogP contribution in [-0.2, 0) is 13.0 Å². The van der Waals surface area contributed by atoms with Crippen molar-refractivity contribution in [2.75, 3.05) is 31.1 Å². The van der Waals surface area contributed by atoms with Crippen LogP contribution in [0.2, 0.25) is 0 Å². The van der Waals surface area contributed by atoms with E-state index in [2.05, 4.69) is 74.4 Å². The molecular formula is C27H27N5O. The van der Waals surface area contributed by atoms with Gasteiger partial charge in [-0.05, 0) is 59.7 Å². The Labute approximate surface area is 193 Å². The molecule has 166 valence electrons. The molecule has 2 aromatic carbocycles. The van der Waals surface area contributed by atoms with Crippen LogP contribution in [0.4, 0.5) is 11.5 Å². The van der Waals surface area contributed by atoms with Gasteiger partial charge >= 0.3 is 0 Å². The number of rotatable bonds is 5. The largest absolute Gasteiger partial charge is 0.396 e. The number of aromatic nitrogens is 3. The molecule has 4 aromatic rings. The average molecular weight is 438 g/mol. The normalized spacial score (nSPS) is 18.2. The van der Waals surface area contributed by atoms with E-state index in [4.69, 9.17) is 4.98 Å². The number of hydrogen-bond acceptors (Lipinski definition) is 6. The molecule has 0 amide bonds. The summed E-state index contributed by atoms with van der Waals surface area (Å²) in [5.74, 6) is 1.26. The molecule has 1 atom stereocenters. The topological polar surface area (TPSA) is 65.4 Å². The number of nitrogens with zero attached hydrogens (tertiary/aromatic N) is 5. The monoisotopic (exact) mass is 437 g/mol. The van der Waals surface area contributed by atoms with Gasteiger partial charge in [0.15, 0.2) is 5.82 Å². The van der Waals surface area contributed by atoms with E-state index in [1.165, 1.54) is 22.4 Å². The molecule has 1 saturated heterocycles. The molecule has 0 radical (unpaired) electrons. The molecule has 33 heavy (non-hydrogen) atoms. The molecule has 0 aliphatic carbocycles. The fourth-order valence-electron chi connectivity index (χ4n) is 5.26. The van der Waals surface area contributed by atoms with Gasteiger partial charge in [0.05, 0.1) is 5.52 Å². The summed E-state index contributed by atoms with van der Waals surface area (Å²) in [5.41, 5.74) is 7.97. The third-order valence-electron chi connectivity index (χ3n) is 6.92. The van der Waals surface area contributed by atoms with Gasteiger partial charge in [-0.1, -0.05) is 42.5 Å². The molecule has 0 spiro atoms. The zero-order chi connectivity index (χ0) is 22.2. The van der Waals surface area contributed by atoms with Gasteiger partial charge in [-0.2, -0.15) is 0 Å². The Hall–Kier alpha value is -3.35. The quantitative estimate of drug-likeness (QED) is 0.505. The number of benzene rings is 2. The van der Waals surface area contributed by atoms with Crippen LogP contribution < -0.4 is 4.90 Å². The Morgan fingerprint density at radius 1 is 0.970 bits per heavy atom. The first kappa shape index (κ1) is 20.3. The molecule has 4 heterocycles. The van der Waals surface area contributed by atoms with Gasteiger partial charge in [-0.15, -0.1) is 0 Å². The second-order valence-electron chi connectivity index (χ2n) is 9.05. The molecule has 6 heteroatoms. The highest BCUT2D eigenvalue weighted by atomic mass is 16.3. The first-order valence-electron chi connectivity index (χ1n) is 11.7. The Balaban J connectivity index is 1.32. The number of likely N-dealkylation sites (tertiary alicyclic amines) is 1. The van der Waals surface area contributed by atoms with E-state index in [9.17, 15) is 5.11 Å². The highest BCUT2D eigenvalue weighted by Gasteiger charge is 2.26. The van der Waals surface area contributed by atoms with Gasteiger partial charge in [0.2, 0.25) is 0 Å². The highest BCUT2D eigenvalue weighted by molar-refractivity contribution is 5.90. The molecule has 0 bridgehead atoms. The van der Waals surface area contributed by atoms with Gasteiger partial charge in [-0.3, -0.25) is 9.88 Å². The molecule has 0 unspecified atom stereocenters. The summed E-state index contributed by atoms with van der Waals surface area (Å²) in [5, 5.41) is 9.42. The zero-order valence-corrected chi connectivity index (χ0v) is 18.6. The summed E-state index contributed by atoms with van der Waals surface area (Å²) in [6.07, 6.45) is 5.65. The van der Waals surface area contributed by atoms with Crippen molar-refractivity contribution in [3.8, 4) is 11.1 Å². The fourth-order valence-corrected chi connectivity index (χ4v) is 5.26. The van der Waals surface area contributed by atoms with Gasteiger partial charge in [-0.25, -0.2) is 9.97 Å². The Morgan fingerprint density at radius 3 is 2.73 bits per heavy atom. The Morgan fingerprint density at radius 2 is 1.88 bits per heavy atom. The van der Waals surface area contributed by atoms with Crippen LogP contribution in [-0.4, -0.2) is 51.2 Å². The summed E-state index contributed by atoms with van der Waals surface area (Å²) in [7, 11) is 0. The Bertz CT molecular complexity index is 1290. The fraction of sp³-hybridized carbons (Fsp3) is 0.296. The maximum Gasteiger partial charge on any atom is 0.163 e. The predicted molar refractivity (Wildman–Crippen MR) is 130 cm³/mol. The highest BCUT2D eigenvalue weighted by Crippen LogP contribution is 2.40. The molecule has 6 nitrogen and oxygen atoms in total. The minimum absolute atomic E-state index is 0.270. The number of anilines is 2. The van der Waals surface area contributed by atoms with Crippen LogP contribution >= 0.6 is 0 Å². The van der Waals surface area contributed by atoms with Crippen molar-refractivity contribution in [3.63, 3.8) is 0 Å². The lowest BCUT2D eigenvalue weighted by atomic mass is 9.98. The SMILES string of the molecule is OC[C@@H]1CCN(Cc2cnc3c(N4CCc5c(-c6ccccc6)cccc54)ncnc3c2)C1. The summed E-state index contributed by atoms with van der Waals surface area (Å²) < 4.78 is 0. The van der Waals surface area contributed by atoms with E-state index in [0.717, 1.165) is 61.4 Å². The van der Waals surface area contributed by atoms with Gasteiger partial charge in [0, 0.05) is 38.1 Å². The van der Waals surface area contributed by atoms with Crippen molar-refractivity contribution < 1.29 is 5.11 Å². The molecule has 2 aliphatic heterocycles. The second kappa shape index (κ2) is 8.54. The number of aliphatic hydroxyl groups is 1. The summed E-state index contributed by atoms with van der Waals surface area (Å²) >= 11 is 0. The van der Waals surface area contributed by atoms with Gasteiger partial charge in [0.1, 0.15) is 11.8 Å². The van der Waals surface area contributed by atoms with Crippen LogP contribution in [0.25, 0.3) is 22.2 Å². The van der Waals surface area contributed by atoms with E-state index in [1.54, 1.807) is 6.33 Å². The summed E-state index contributed by atoms with van der Waals surface area (Å²) in [6, 6.07) is 19.2. The molecule has 1 fully saturated rings. The lowest BCUT2D eigenvalue weighted by Gasteiger charge is -2.20. The maximum absolute atomic E-state index is 9.42. The minimum Gasteiger partial charge on any atom is -0.396 e. The lowest BCUT2D eigenvalue weighted by molar-refractivity contribution is 0.220. The van der Waals surface area contributed by atoms with Crippen molar-refractivity contribution in [2.24, 2.45) is 5.92 Å². The Kier molecular flexibility index (Phi) is 5.24. The van der Waals surface area contributed by atoms with Crippen molar-refractivity contribution in [3.05, 3.63) is 78.2 Å².